The van der Waals surface area contributed by atoms with Gasteiger partial charge in [-0.05, 0) is 54.3 Å². The topological polar surface area (TPSA) is 65.0 Å². The van der Waals surface area contributed by atoms with Crippen molar-refractivity contribution < 1.29 is 14.6 Å². The molecule has 1 fully saturated rings. The SMILES string of the molecule is O=C1CCc2c(cccc2OC[C@@H](O)CN2C[C@@H]3C/C=C\C[C@H]2CN3c2ccc3ccccc3c2)N1.S.S.S. The van der Waals surface area contributed by atoms with E-state index in [-0.39, 0.29) is 53.0 Å². The van der Waals surface area contributed by atoms with Crippen molar-refractivity contribution in [2.75, 3.05) is 36.5 Å². The standard InChI is InChI=1S/C30H33N3O3.3H2S/c34-26(20-36-29-11-5-10-28-27(29)14-15-30(35)31-28)19-32-17-25-9-4-3-8-24(32)18-33(25)23-13-12-21-6-1-2-7-22(21)16-23;;;/h1-7,10-13,16,24-26,34H,8-9,14-15,17-20H2,(H,31,35);3*1H2/b4-3-;;;/t24-,25-,26-;;;/m0.../s1. The van der Waals surface area contributed by atoms with Crippen molar-refractivity contribution in [2.24, 2.45) is 0 Å². The second-order valence-corrected chi connectivity index (χ2v) is 10.2. The number of hydrogen-bond donors (Lipinski definition) is 2. The zero-order valence-corrected chi connectivity index (χ0v) is 25.0. The molecule has 2 N–H and O–H groups in total. The molecular weight excluding hydrogens is 547 g/mol. The number of ether oxygens (including phenoxy) is 1. The average Bonchev–Trinajstić information content (AvgIpc) is 2.87. The molecule has 6 nitrogen and oxygen atoms in total. The average molecular weight is 586 g/mol. The first-order valence-electron chi connectivity index (χ1n) is 13.0. The third-order valence-corrected chi connectivity index (χ3v) is 7.74. The van der Waals surface area contributed by atoms with E-state index in [1.165, 1.54) is 16.5 Å². The molecule has 3 atom stereocenters. The molecule has 0 unspecified atom stereocenters. The Bertz CT molecular complexity index is 1300. The van der Waals surface area contributed by atoms with Crippen LogP contribution in [0.5, 0.6) is 5.75 Å². The lowest BCUT2D eigenvalue weighted by Crippen LogP contribution is -2.60. The number of anilines is 2. The van der Waals surface area contributed by atoms with Crippen LogP contribution < -0.4 is 15.0 Å². The molecule has 0 aromatic heterocycles. The summed E-state index contributed by atoms with van der Waals surface area (Å²) < 4.78 is 6.06. The van der Waals surface area contributed by atoms with E-state index in [1.54, 1.807) is 0 Å². The second-order valence-electron chi connectivity index (χ2n) is 10.2. The zero-order chi connectivity index (χ0) is 24.5. The Morgan fingerprint density at radius 2 is 1.67 bits per heavy atom. The van der Waals surface area contributed by atoms with Crippen molar-refractivity contribution in [3.05, 3.63) is 78.4 Å². The third kappa shape index (κ3) is 6.89. The predicted octanol–water partition coefficient (Wildman–Crippen LogP) is 4.71. The van der Waals surface area contributed by atoms with Gasteiger partial charge < -0.3 is 20.1 Å². The second kappa shape index (κ2) is 13.9. The lowest BCUT2D eigenvalue weighted by molar-refractivity contribution is -0.116. The van der Waals surface area contributed by atoms with E-state index in [0.29, 0.717) is 31.5 Å². The number of nitrogens with zero attached hydrogens (tertiary/aromatic N) is 2. The highest BCUT2D eigenvalue weighted by molar-refractivity contribution is 7.59. The van der Waals surface area contributed by atoms with Crippen LogP contribution in [0.25, 0.3) is 10.8 Å². The molecule has 0 saturated carbocycles. The van der Waals surface area contributed by atoms with Gasteiger partial charge in [0.2, 0.25) is 5.91 Å². The monoisotopic (exact) mass is 585 g/mol. The molecule has 0 radical (unpaired) electrons. The minimum Gasteiger partial charge on any atom is -0.490 e. The summed E-state index contributed by atoms with van der Waals surface area (Å²) in [5, 5.41) is 16.4. The Kier molecular flexibility index (Phi) is 11.1. The molecule has 0 aliphatic carbocycles. The van der Waals surface area contributed by atoms with E-state index in [4.69, 9.17) is 4.74 Å². The maximum atomic E-state index is 11.7. The van der Waals surface area contributed by atoms with Gasteiger partial charge in [-0.25, -0.2) is 0 Å². The number of nitrogens with one attached hydrogen (secondary N) is 1. The van der Waals surface area contributed by atoms with Crippen LogP contribution in [0.4, 0.5) is 11.4 Å². The van der Waals surface area contributed by atoms with E-state index >= 15 is 0 Å². The van der Waals surface area contributed by atoms with Crippen molar-refractivity contribution >= 4 is 68.5 Å². The Labute approximate surface area is 251 Å². The number of rotatable bonds is 6. The van der Waals surface area contributed by atoms with Gasteiger partial charge in [0.05, 0.1) is 0 Å². The first-order chi connectivity index (χ1) is 17.6. The Morgan fingerprint density at radius 3 is 2.49 bits per heavy atom. The first-order valence-corrected chi connectivity index (χ1v) is 13.0. The van der Waals surface area contributed by atoms with Gasteiger partial charge in [0.1, 0.15) is 18.5 Å². The summed E-state index contributed by atoms with van der Waals surface area (Å²) in [6.07, 6.45) is 7.15. The van der Waals surface area contributed by atoms with Crippen LogP contribution in [0.3, 0.4) is 0 Å². The maximum absolute atomic E-state index is 11.7. The summed E-state index contributed by atoms with van der Waals surface area (Å²) in [7, 11) is 0. The van der Waals surface area contributed by atoms with E-state index in [2.05, 4.69) is 69.7 Å². The largest absolute Gasteiger partial charge is 0.490 e. The molecule has 4 heterocycles. The lowest BCUT2D eigenvalue weighted by atomic mass is 9.96. The van der Waals surface area contributed by atoms with Gasteiger partial charge in [0.25, 0.3) is 0 Å². The van der Waals surface area contributed by atoms with Crippen molar-refractivity contribution in [1.29, 1.82) is 0 Å². The van der Waals surface area contributed by atoms with Gasteiger partial charge in [-0.15, -0.1) is 0 Å². The highest BCUT2D eigenvalue weighted by Crippen LogP contribution is 2.32. The van der Waals surface area contributed by atoms with Gasteiger partial charge in [0, 0.05) is 55.1 Å². The highest BCUT2D eigenvalue weighted by Gasteiger charge is 2.35. The van der Waals surface area contributed by atoms with E-state index < -0.39 is 6.10 Å². The first kappa shape index (κ1) is 31.2. The fraction of sp³-hybridized carbons (Fsp3) is 0.367. The summed E-state index contributed by atoms with van der Waals surface area (Å²) in [6.45, 7) is 2.70. The molecule has 39 heavy (non-hydrogen) atoms. The van der Waals surface area contributed by atoms with Gasteiger partial charge in [-0.2, -0.15) is 40.5 Å². The van der Waals surface area contributed by atoms with Crippen molar-refractivity contribution in [3.8, 4) is 5.75 Å². The number of piperazine rings is 1. The normalized spacial score (nSPS) is 21.7. The van der Waals surface area contributed by atoms with Gasteiger partial charge >= 0.3 is 0 Å². The Balaban J connectivity index is 0.00000140. The predicted molar refractivity (Wildman–Crippen MR) is 175 cm³/mol. The van der Waals surface area contributed by atoms with E-state index in [9.17, 15) is 9.90 Å². The lowest BCUT2D eigenvalue weighted by Gasteiger charge is -2.48. The molecule has 4 aliphatic heterocycles. The molecule has 4 aliphatic rings. The third-order valence-electron chi connectivity index (χ3n) is 7.74. The number of amides is 1. The minimum absolute atomic E-state index is 0. The molecule has 1 amide bonds. The molecule has 0 spiro atoms. The number of carbonyl (C=O) groups is 1. The maximum Gasteiger partial charge on any atom is 0.224 e. The number of fused-ring (bicyclic) bond motifs is 6. The Morgan fingerprint density at radius 1 is 0.897 bits per heavy atom. The van der Waals surface area contributed by atoms with Crippen LogP contribution in [0.2, 0.25) is 0 Å². The van der Waals surface area contributed by atoms with Crippen molar-refractivity contribution in [2.45, 2.75) is 43.9 Å². The van der Waals surface area contributed by atoms with Crippen LogP contribution in [0.15, 0.2) is 72.8 Å². The fourth-order valence-electron chi connectivity index (χ4n) is 5.87. The molecule has 3 aromatic carbocycles. The molecule has 1 saturated heterocycles. The number of benzene rings is 3. The van der Waals surface area contributed by atoms with Crippen molar-refractivity contribution in [3.63, 3.8) is 0 Å². The van der Waals surface area contributed by atoms with Crippen LogP contribution in [0.1, 0.15) is 24.8 Å². The van der Waals surface area contributed by atoms with Crippen LogP contribution in [0, 0.1) is 0 Å². The zero-order valence-electron chi connectivity index (χ0n) is 22.0. The number of hydrogen-bond acceptors (Lipinski definition) is 5. The molecule has 2 bridgehead atoms. The fourth-order valence-corrected chi connectivity index (χ4v) is 5.87. The number of aliphatic hydroxyl groups excluding tert-OH is 1. The van der Waals surface area contributed by atoms with Crippen molar-refractivity contribution in [1.82, 2.24) is 4.90 Å². The van der Waals surface area contributed by atoms with Crippen LogP contribution in [-0.2, 0) is 11.2 Å². The van der Waals surface area contributed by atoms with Gasteiger partial charge in [-0.1, -0.05) is 48.6 Å². The highest BCUT2D eigenvalue weighted by atomic mass is 32.1. The molecular formula is C30H39N3O3S3. The Hall–Kier alpha value is -2.30. The smallest absolute Gasteiger partial charge is 0.224 e. The summed E-state index contributed by atoms with van der Waals surface area (Å²) in [4.78, 5) is 16.7. The number of aliphatic hydroxyl groups is 1. The molecule has 210 valence electrons. The summed E-state index contributed by atoms with van der Waals surface area (Å²) in [5.74, 6) is 0.796. The quantitative estimate of drug-likeness (QED) is 0.410. The summed E-state index contributed by atoms with van der Waals surface area (Å²) in [5.41, 5.74) is 3.12. The van der Waals surface area contributed by atoms with Crippen LogP contribution >= 0.6 is 40.5 Å². The van der Waals surface area contributed by atoms with E-state index in [0.717, 1.165) is 42.9 Å². The molecule has 7 rings (SSSR count). The van der Waals surface area contributed by atoms with Crippen LogP contribution in [-0.4, -0.2) is 60.3 Å². The summed E-state index contributed by atoms with van der Waals surface area (Å²) >= 11 is 0. The summed E-state index contributed by atoms with van der Waals surface area (Å²) in [6, 6.07) is 21.7. The van der Waals surface area contributed by atoms with Gasteiger partial charge in [-0.3, -0.25) is 9.69 Å². The minimum atomic E-state index is -0.585. The van der Waals surface area contributed by atoms with E-state index in [1.807, 2.05) is 18.2 Å². The molecule has 3 aromatic rings. The van der Waals surface area contributed by atoms with Gasteiger partial charge in [0.15, 0.2) is 0 Å². The molecule has 9 heteroatoms. The number of carbonyl (C=O) groups excluding carboxylic acids is 1.